The molecule has 0 radical (unpaired) electrons. The Hall–Kier alpha value is -1.63. The number of aliphatic carboxylic acids is 1. The van der Waals surface area contributed by atoms with Crippen LogP contribution in [0.25, 0.3) is 0 Å². The van der Waals surface area contributed by atoms with Crippen LogP contribution in [0.1, 0.15) is 71.1 Å². The maximum Gasteiger partial charge on any atom is 0.303 e. The molecule has 0 aromatic rings. The number of fused-ring (bicyclic) bond motifs is 2. The number of hydrogen-bond donors (Lipinski definition) is 3. The fraction of sp³-hybridized carbons (Fsp3) is 0.850. The van der Waals surface area contributed by atoms with E-state index in [4.69, 9.17) is 9.84 Å². The molecule has 0 aromatic heterocycles. The molecule has 0 unspecified atom stereocenters. The van der Waals surface area contributed by atoms with Crippen molar-refractivity contribution in [3.63, 3.8) is 0 Å². The molecule has 4 atom stereocenters. The lowest BCUT2D eigenvalue weighted by atomic mass is 9.76. The van der Waals surface area contributed by atoms with Crippen LogP contribution in [0.15, 0.2) is 0 Å². The van der Waals surface area contributed by atoms with Gasteiger partial charge in [-0.25, -0.2) is 0 Å². The molecule has 7 heteroatoms. The maximum atomic E-state index is 12.0. The average molecular weight is 383 g/mol. The summed E-state index contributed by atoms with van der Waals surface area (Å²) in [6.45, 7) is 2.57. The van der Waals surface area contributed by atoms with E-state index in [0.29, 0.717) is 30.9 Å². The number of carboxylic acids is 1. The highest BCUT2D eigenvalue weighted by molar-refractivity contribution is 5.84. The van der Waals surface area contributed by atoms with E-state index in [9.17, 15) is 14.4 Å². The SMILES string of the molecule is CCCC(=O)NCC(=O)NC[C@H]1[C@@H](CCCCCCC(=O)O)[C@H]2CC[C@@H]1O2. The number of amides is 2. The van der Waals surface area contributed by atoms with Crippen molar-refractivity contribution in [2.45, 2.75) is 83.3 Å². The van der Waals surface area contributed by atoms with Gasteiger partial charge in [-0.1, -0.05) is 26.2 Å². The quantitative estimate of drug-likeness (QED) is 0.424. The Bertz CT molecular complexity index is 511. The first-order valence-corrected chi connectivity index (χ1v) is 10.4. The summed E-state index contributed by atoms with van der Waals surface area (Å²) in [7, 11) is 0. The molecule has 7 nitrogen and oxygen atoms in total. The minimum Gasteiger partial charge on any atom is -0.481 e. The lowest BCUT2D eigenvalue weighted by molar-refractivity contribution is -0.137. The van der Waals surface area contributed by atoms with Crippen LogP contribution in [0.4, 0.5) is 0 Å². The van der Waals surface area contributed by atoms with Gasteiger partial charge in [-0.05, 0) is 38.0 Å². The zero-order chi connectivity index (χ0) is 19.6. The average Bonchev–Trinajstić information content (AvgIpc) is 3.22. The number of carbonyl (C=O) groups excluding carboxylic acids is 2. The predicted octanol–water partition coefficient (Wildman–Crippen LogP) is 2.24. The molecule has 0 aliphatic carbocycles. The molecule has 2 saturated heterocycles. The third-order valence-electron chi connectivity index (χ3n) is 5.73. The molecule has 2 heterocycles. The molecule has 2 aliphatic rings. The third-order valence-corrected chi connectivity index (χ3v) is 5.73. The van der Waals surface area contributed by atoms with Gasteiger partial charge in [0.25, 0.3) is 0 Å². The molecule has 2 bridgehead atoms. The Morgan fingerprint density at radius 2 is 1.63 bits per heavy atom. The molecular weight excluding hydrogens is 348 g/mol. The topological polar surface area (TPSA) is 105 Å². The summed E-state index contributed by atoms with van der Waals surface area (Å²) >= 11 is 0. The summed E-state index contributed by atoms with van der Waals surface area (Å²) in [5.74, 6) is -0.138. The normalized spacial score (nSPS) is 26.1. The fourth-order valence-corrected chi connectivity index (χ4v) is 4.35. The molecule has 27 heavy (non-hydrogen) atoms. The maximum absolute atomic E-state index is 12.0. The first-order chi connectivity index (χ1) is 13.0. The van der Waals surface area contributed by atoms with Crippen LogP contribution in [0.5, 0.6) is 0 Å². The highest BCUT2D eigenvalue weighted by Crippen LogP contribution is 2.45. The minimum absolute atomic E-state index is 0.0365. The highest BCUT2D eigenvalue weighted by Gasteiger charge is 2.48. The van der Waals surface area contributed by atoms with Crippen molar-refractivity contribution >= 4 is 17.8 Å². The molecule has 0 spiro atoms. The standard InChI is InChI=1S/C20H34N2O5/c1-2-7-18(23)22-13-19(24)21-12-15-14(16-10-11-17(15)27-16)8-5-3-4-6-9-20(25)26/h14-17H,2-13H2,1H3,(H,21,24)(H,22,23)(H,25,26)/t14-,15+,16-,17+/m1/s1. The van der Waals surface area contributed by atoms with Gasteiger partial charge in [-0.15, -0.1) is 0 Å². The van der Waals surface area contributed by atoms with E-state index in [1.807, 2.05) is 6.92 Å². The van der Waals surface area contributed by atoms with Gasteiger partial charge in [0.15, 0.2) is 0 Å². The van der Waals surface area contributed by atoms with Gasteiger partial charge in [0.05, 0.1) is 18.8 Å². The molecule has 2 aliphatic heterocycles. The largest absolute Gasteiger partial charge is 0.481 e. The Morgan fingerprint density at radius 1 is 0.926 bits per heavy atom. The fourth-order valence-electron chi connectivity index (χ4n) is 4.35. The van der Waals surface area contributed by atoms with E-state index in [1.54, 1.807) is 0 Å². The molecule has 154 valence electrons. The van der Waals surface area contributed by atoms with E-state index >= 15 is 0 Å². The van der Waals surface area contributed by atoms with Gasteiger partial charge in [0.1, 0.15) is 0 Å². The lowest BCUT2D eigenvalue weighted by Crippen LogP contribution is -2.42. The molecular formula is C20H34N2O5. The number of ether oxygens (including phenoxy) is 1. The Morgan fingerprint density at radius 3 is 2.33 bits per heavy atom. The first kappa shape index (κ1) is 21.7. The highest BCUT2D eigenvalue weighted by atomic mass is 16.5. The Labute approximate surface area is 161 Å². The van der Waals surface area contributed by atoms with Crippen molar-refractivity contribution in [3.8, 4) is 0 Å². The smallest absolute Gasteiger partial charge is 0.303 e. The summed E-state index contributed by atoms with van der Waals surface area (Å²) in [4.78, 5) is 34.0. The molecule has 0 aromatic carbocycles. The summed E-state index contributed by atoms with van der Waals surface area (Å²) < 4.78 is 6.07. The van der Waals surface area contributed by atoms with Crippen molar-refractivity contribution in [3.05, 3.63) is 0 Å². The van der Waals surface area contributed by atoms with Crippen LogP contribution in [0.2, 0.25) is 0 Å². The second-order valence-electron chi connectivity index (χ2n) is 7.80. The number of carboxylic acid groups (broad SMARTS) is 1. The van der Waals surface area contributed by atoms with Crippen LogP contribution in [0, 0.1) is 11.8 Å². The number of hydrogen-bond acceptors (Lipinski definition) is 4. The van der Waals surface area contributed by atoms with Crippen molar-refractivity contribution in [2.75, 3.05) is 13.1 Å². The van der Waals surface area contributed by atoms with Gasteiger partial charge in [-0.2, -0.15) is 0 Å². The van der Waals surface area contributed by atoms with E-state index in [1.165, 1.54) is 0 Å². The van der Waals surface area contributed by atoms with E-state index in [2.05, 4.69) is 10.6 Å². The van der Waals surface area contributed by atoms with Crippen molar-refractivity contribution in [1.29, 1.82) is 0 Å². The van der Waals surface area contributed by atoms with Gasteiger partial charge < -0.3 is 20.5 Å². The van der Waals surface area contributed by atoms with E-state index in [0.717, 1.165) is 51.4 Å². The zero-order valence-electron chi connectivity index (χ0n) is 16.4. The van der Waals surface area contributed by atoms with Crippen LogP contribution in [-0.2, 0) is 19.1 Å². The van der Waals surface area contributed by atoms with Gasteiger partial charge in [0.2, 0.25) is 11.8 Å². The van der Waals surface area contributed by atoms with Gasteiger partial charge >= 0.3 is 5.97 Å². The number of carbonyl (C=O) groups is 3. The summed E-state index contributed by atoms with van der Waals surface area (Å²) in [5, 5.41) is 14.3. The third kappa shape index (κ3) is 7.13. The number of nitrogens with one attached hydrogen (secondary N) is 2. The molecule has 0 saturated carbocycles. The number of unbranched alkanes of at least 4 members (excludes halogenated alkanes) is 3. The molecule has 2 fully saturated rings. The molecule has 2 rings (SSSR count). The van der Waals surface area contributed by atoms with Crippen LogP contribution >= 0.6 is 0 Å². The Balaban J connectivity index is 1.67. The van der Waals surface area contributed by atoms with Crippen molar-refractivity contribution in [2.24, 2.45) is 11.8 Å². The Kier molecular flexibility index (Phi) is 9.04. The zero-order valence-corrected chi connectivity index (χ0v) is 16.4. The lowest BCUT2D eigenvalue weighted by Gasteiger charge is -2.28. The molecule has 2 amide bonds. The van der Waals surface area contributed by atoms with Crippen molar-refractivity contribution in [1.82, 2.24) is 10.6 Å². The second kappa shape index (κ2) is 11.3. The predicted molar refractivity (Wildman–Crippen MR) is 101 cm³/mol. The minimum atomic E-state index is -0.724. The van der Waals surface area contributed by atoms with Crippen molar-refractivity contribution < 1.29 is 24.2 Å². The van der Waals surface area contributed by atoms with Gasteiger partial charge in [-0.3, -0.25) is 14.4 Å². The molecule has 3 N–H and O–H groups in total. The van der Waals surface area contributed by atoms with E-state index in [-0.39, 0.29) is 30.9 Å². The van der Waals surface area contributed by atoms with E-state index < -0.39 is 5.97 Å². The summed E-state index contributed by atoms with van der Waals surface area (Å²) in [5.41, 5.74) is 0. The van der Waals surface area contributed by atoms with Crippen LogP contribution < -0.4 is 10.6 Å². The summed E-state index contributed by atoms with van der Waals surface area (Å²) in [6.07, 6.45) is 9.07. The second-order valence-corrected chi connectivity index (χ2v) is 7.80. The summed E-state index contributed by atoms with van der Waals surface area (Å²) in [6, 6.07) is 0. The van der Waals surface area contributed by atoms with Crippen LogP contribution in [0.3, 0.4) is 0 Å². The van der Waals surface area contributed by atoms with Gasteiger partial charge in [0, 0.05) is 25.3 Å². The number of rotatable bonds is 13. The van der Waals surface area contributed by atoms with Crippen LogP contribution in [-0.4, -0.2) is 48.2 Å². The first-order valence-electron chi connectivity index (χ1n) is 10.4. The monoisotopic (exact) mass is 382 g/mol.